The van der Waals surface area contributed by atoms with Gasteiger partial charge in [0, 0.05) is 11.5 Å². The van der Waals surface area contributed by atoms with E-state index in [9.17, 15) is 9.90 Å². The molecule has 3 rings (SSSR count). The second kappa shape index (κ2) is 7.07. The van der Waals surface area contributed by atoms with Crippen molar-refractivity contribution in [1.29, 1.82) is 0 Å². The van der Waals surface area contributed by atoms with Crippen molar-refractivity contribution in [2.45, 2.75) is 37.6 Å². The molecular formula is C18H21NO2S. The van der Waals surface area contributed by atoms with Gasteiger partial charge in [-0.2, -0.15) is 0 Å². The van der Waals surface area contributed by atoms with Gasteiger partial charge in [-0.15, -0.1) is 11.3 Å². The van der Waals surface area contributed by atoms with Crippen LogP contribution in [-0.4, -0.2) is 17.6 Å². The number of carbonyl (C=O) groups is 1. The van der Waals surface area contributed by atoms with E-state index in [1.54, 1.807) is 11.3 Å². The van der Waals surface area contributed by atoms with Crippen molar-refractivity contribution in [3.63, 3.8) is 0 Å². The summed E-state index contributed by atoms with van der Waals surface area (Å²) in [7, 11) is 0. The summed E-state index contributed by atoms with van der Waals surface area (Å²) in [5, 5.41) is 14.5. The second-order valence-electron chi connectivity index (χ2n) is 5.73. The molecule has 0 aliphatic heterocycles. The topological polar surface area (TPSA) is 49.3 Å². The zero-order valence-electron chi connectivity index (χ0n) is 12.5. The Morgan fingerprint density at radius 2 is 2.14 bits per heavy atom. The van der Waals surface area contributed by atoms with Crippen LogP contribution in [0.25, 0.3) is 0 Å². The predicted molar refractivity (Wildman–Crippen MR) is 89.0 cm³/mol. The van der Waals surface area contributed by atoms with Crippen LogP contribution >= 0.6 is 11.3 Å². The van der Waals surface area contributed by atoms with Gasteiger partial charge in [-0.25, -0.2) is 0 Å². The van der Waals surface area contributed by atoms with E-state index in [0.29, 0.717) is 6.42 Å². The molecule has 2 unspecified atom stereocenters. The van der Waals surface area contributed by atoms with Crippen LogP contribution in [0.2, 0.25) is 0 Å². The van der Waals surface area contributed by atoms with Crippen LogP contribution in [0.5, 0.6) is 0 Å². The maximum atomic E-state index is 12.7. The van der Waals surface area contributed by atoms with Crippen LogP contribution in [0.4, 0.5) is 0 Å². The lowest BCUT2D eigenvalue weighted by Crippen LogP contribution is -2.34. The van der Waals surface area contributed by atoms with Crippen molar-refractivity contribution in [3.05, 3.63) is 57.8 Å². The molecule has 0 saturated carbocycles. The number of fused-ring (bicyclic) bond motifs is 1. The highest BCUT2D eigenvalue weighted by Crippen LogP contribution is 2.35. The van der Waals surface area contributed by atoms with Crippen molar-refractivity contribution in [3.8, 4) is 0 Å². The standard InChI is InChI=1S/C18H21NO2S/c20-11-9-16(13-5-2-1-3-6-13)19-18(21)15-7-4-8-17-14(15)10-12-22-17/h1-3,5-6,10,12,15-16,20H,4,7-9,11H2,(H,19,21). The maximum Gasteiger partial charge on any atom is 0.228 e. The van der Waals surface area contributed by atoms with Gasteiger partial charge >= 0.3 is 0 Å². The molecule has 0 saturated heterocycles. The Bertz CT molecular complexity index is 623. The predicted octanol–water partition coefficient (Wildman–Crippen LogP) is 3.41. The largest absolute Gasteiger partial charge is 0.396 e. The zero-order valence-corrected chi connectivity index (χ0v) is 13.3. The lowest BCUT2D eigenvalue weighted by Gasteiger charge is -2.25. The van der Waals surface area contributed by atoms with Gasteiger partial charge in [-0.3, -0.25) is 4.79 Å². The molecule has 2 atom stereocenters. The number of aliphatic hydroxyl groups excluding tert-OH is 1. The average Bonchev–Trinajstić information content (AvgIpc) is 3.03. The van der Waals surface area contributed by atoms with E-state index in [2.05, 4.69) is 16.8 Å². The molecule has 1 aliphatic carbocycles. The Balaban J connectivity index is 1.75. The minimum atomic E-state index is -0.122. The number of hydrogen-bond acceptors (Lipinski definition) is 3. The first-order chi connectivity index (χ1) is 10.8. The quantitative estimate of drug-likeness (QED) is 0.888. The number of benzene rings is 1. The summed E-state index contributed by atoms with van der Waals surface area (Å²) in [6.45, 7) is 0.0637. The first-order valence-corrected chi connectivity index (χ1v) is 8.70. The van der Waals surface area contributed by atoms with E-state index in [-0.39, 0.29) is 24.5 Å². The number of thiophene rings is 1. The van der Waals surface area contributed by atoms with Crippen LogP contribution in [0, 0.1) is 0 Å². The summed E-state index contributed by atoms with van der Waals surface area (Å²) < 4.78 is 0. The summed E-state index contributed by atoms with van der Waals surface area (Å²) >= 11 is 1.75. The second-order valence-corrected chi connectivity index (χ2v) is 6.73. The Morgan fingerprint density at radius 3 is 2.91 bits per heavy atom. The molecule has 0 fully saturated rings. The third-order valence-electron chi connectivity index (χ3n) is 4.30. The summed E-state index contributed by atoms with van der Waals surface area (Å²) in [5.41, 5.74) is 2.25. The average molecular weight is 315 g/mol. The number of amides is 1. The van der Waals surface area contributed by atoms with Crippen LogP contribution in [0.1, 0.15) is 47.2 Å². The molecule has 1 aromatic heterocycles. The molecule has 3 nitrogen and oxygen atoms in total. The SMILES string of the molecule is O=C(NC(CCO)c1ccccc1)C1CCCc2sccc21. The summed E-state index contributed by atoms with van der Waals surface area (Å²) in [4.78, 5) is 14.1. The minimum absolute atomic E-state index is 0.0418. The van der Waals surface area contributed by atoms with Gasteiger partial charge in [0.2, 0.25) is 5.91 Å². The number of hydrogen-bond donors (Lipinski definition) is 2. The first kappa shape index (κ1) is 15.3. The number of carbonyl (C=O) groups excluding carboxylic acids is 1. The number of rotatable bonds is 5. The Morgan fingerprint density at radius 1 is 1.32 bits per heavy atom. The highest BCUT2D eigenvalue weighted by atomic mass is 32.1. The molecule has 2 aromatic rings. The van der Waals surface area contributed by atoms with E-state index in [1.807, 2.05) is 30.3 Å². The first-order valence-electron chi connectivity index (χ1n) is 7.82. The van der Waals surface area contributed by atoms with Gasteiger partial charge in [0.15, 0.2) is 0 Å². The third kappa shape index (κ3) is 3.23. The van der Waals surface area contributed by atoms with Crippen molar-refractivity contribution in [1.82, 2.24) is 5.32 Å². The van der Waals surface area contributed by atoms with Crippen LogP contribution in [-0.2, 0) is 11.2 Å². The van der Waals surface area contributed by atoms with E-state index < -0.39 is 0 Å². The van der Waals surface area contributed by atoms with E-state index >= 15 is 0 Å². The monoisotopic (exact) mass is 315 g/mol. The summed E-state index contributed by atoms with van der Waals surface area (Å²) in [6, 6.07) is 11.8. The van der Waals surface area contributed by atoms with Crippen molar-refractivity contribution in [2.24, 2.45) is 0 Å². The van der Waals surface area contributed by atoms with Gasteiger partial charge in [0.1, 0.15) is 0 Å². The number of nitrogens with one attached hydrogen (secondary N) is 1. The van der Waals surface area contributed by atoms with Gasteiger partial charge in [-0.1, -0.05) is 30.3 Å². The maximum absolute atomic E-state index is 12.7. The Kier molecular flexibility index (Phi) is 4.90. The molecule has 1 aromatic carbocycles. The van der Waals surface area contributed by atoms with Crippen molar-refractivity contribution >= 4 is 17.2 Å². The van der Waals surface area contributed by atoms with Crippen LogP contribution < -0.4 is 5.32 Å². The molecule has 22 heavy (non-hydrogen) atoms. The smallest absolute Gasteiger partial charge is 0.228 e. The van der Waals surface area contributed by atoms with E-state index in [0.717, 1.165) is 24.8 Å². The Labute approximate surface area is 135 Å². The molecule has 1 amide bonds. The summed E-state index contributed by atoms with van der Waals surface area (Å²) in [6.07, 6.45) is 3.62. The molecule has 0 spiro atoms. The zero-order chi connectivity index (χ0) is 15.4. The highest BCUT2D eigenvalue weighted by Gasteiger charge is 2.28. The fourth-order valence-corrected chi connectivity index (χ4v) is 4.16. The highest BCUT2D eigenvalue weighted by molar-refractivity contribution is 7.10. The van der Waals surface area contributed by atoms with Gasteiger partial charge in [0.25, 0.3) is 0 Å². The van der Waals surface area contributed by atoms with Crippen LogP contribution in [0.3, 0.4) is 0 Å². The van der Waals surface area contributed by atoms with Gasteiger partial charge < -0.3 is 10.4 Å². The lowest BCUT2D eigenvalue weighted by atomic mass is 9.86. The van der Waals surface area contributed by atoms with E-state index in [1.165, 1.54) is 10.4 Å². The van der Waals surface area contributed by atoms with Gasteiger partial charge in [-0.05, 0) is 48.3 Å². The molecule has 1 heterocycles. The Hall–Kier alpha value is -1.65. The minimum Gasteiger partial charge on any atom is -0.396 e. The van der Waals surface area contributed by atoms with Crippen molar-refractivity contribution in [2.75, 3.05) is 6.61 Å². The molecule has 0 radical (unpaired) electrons. The van der Waals surface area contributed by atoms with Crippen molar-refractivity contribution < 1.29 is 9.90 Å². The molecule has 4 heteroatoms. The lowest BCUT2D eigenvalue weighted by molar-refractivity contribution is -0.123. The number of aliphatic hydroxyl groups is 1. The normalized spacial score (nSPS) is 18.5. The fourth-order valence-electron chi connectivity index (χ4n) is 3.17. The fraction of sp³-hybridized carbons (Fsp3) is 0.389. The molecule has 0 bridgehead atoms. The number of aryl methyl sites for hydroxylation is 1. The van der Waals surface area contributed by atoms with Gasteiger partial charge in [0.05, 0.1) is 12.0 Å². The molecule has 1 aliphatic rings. The van der Waals surface area contributed by atoms with Crippen LogP contribution in [0.15, 0.2) is 41.8 Å². The third-order valence-corrected chi connectivity index (χ3v) is 5.30. The van der Waals surface area contributed by atoms with E-state index in [4.69, 9.17) is 0 Å². The molecule has 116 valence electrons. The molecular weight excluding hydrogens is 294 g/mol. The molecule has 2 N–H and O–H groups in total. The summed E-state index contributed by atoms with van der Waals surface area (Å²) in [5.74, 6) is 0.0431.